The van der Waals surface area contributed by atoms with E-state index in [1.807, 2.05) is 4.89 Å². The molecule has 0 fully saturated rings. The molecule has 0 saturated carbocycles. The third-order valence-electron chi connectivity index (χ3n) is 1.08. The van der Waals surface area contributed by atoms with Gasteiger partial charge in [-0.1, -0.05) is 0 Å². The molecule has 0 aliphatic rings. The van der Waals surface area contributed by atoms with Crippen LogP contribution in [-0.2, 0) is 14.9 Å². The largest absolute Gasteiger partial charge is 0.460 e. The van der Waals surface area contributed by atoms with Crippen LogP contribution in [0.4, 0.5) is 30.7 Å². The number of carbonyl (C=O) groups is 1. The molecule has 0 aromatic heterocycles. The summed E-state index contributed by atoms with van der Waals surface area (Å²) in [5.41, 5.74) is 0. The highest BCUT2D eigenvalue weighted by molar-refractivity contribution is 5.78. The van der Waals surface area contributed by atoms with Gasteiger partial charge in [0, 0.05) is 5.26 Å². The second-order valence-corrected chi connectivity index (χ2v) is 2.02. The lowest BCUT2D eigenvalue weighted by atomic mass is 10.1. The van der Waals surface area contributed by atoms with Gasteiger partial charge in [0.25, 0.3) is 0 Å². The van der Waals surface area contributed by atoms with E-state index in [1.165, 1.54) is 0 Å². The summed E-state index contributed by atoms with van der Waals surface area (Å²) in [5.74, 6) is -16.4. The molecular formula is C4F7O3. The molecule has 1 radical (unpaired) electrons. The summed E-state index contributed by atoms with van der Waals surface area (Å²) in [5, 5.41) is 9.02. The molecule has 0 rings (SSSR count). The van der Waals surface area contributed by atoms with Crippen LogP contribution in [0.25, 0.3) is 0 Å². The molecule has 0 N–H and O–H groups in total. The molecule has 0 spiro atoms. The Morgan fingerprint density at radius 3 is 1.50 bits per heavy atom. The smallest absolute Gasteiger partial charge is 0.259 e. The van der Waals surface area contributed by atoms with Crippen molar-refractivity contribution in [2.45, 2.75) is 18.0 Å². The second kappa shape index (κ2) is 3.26. The van der Waals surface area contributed by atoms with Gasteiger partial charge in [0.05, 0.1) is 0 Å². The van der Waals surface area contributed by atoms with Gasteiger partial charge >= 0.3 is 24.0 Å². The highest BCUT2D eigenvalue weighted by atomic mass is 19.4. The van der Waals surface area contributed by atoms with E-state index >= 15 is 0 Å². The zero-order chi connectivity index (χ0) is 11.8. The molecule has 14 heavy (non-hydrogen) atoms. The summed E-state index contributed by atoms with van der Waals surface area (Å²) < 4.78 is 81.4. The van der Waals surface area contributed by atoms with Gasteiger partial charge in [0.2, 0.25) is 0 Å². The summed E-state index contributed by atoms with van der Waals surface area (Å²) in [6.45, 7) is 0. The Balaban J connectivity index is 5.18. The monoisotopic (exact) mass is 229 g/mol. The Bertz CT molecular complexity index is 232. The number of halogens is 7. The first-order chi connectivity index (χ1) is 5.98. The number of alkyl halides is 7. The van der Waals surface area contributed by atoms with Crippen LogP contribution < -0.4 is 0 Å². The Morgan fingerprint density at radius 2 is 1.29 bits per heavy atom. The molecule has 0 aliphatic carbocycles. The van der Waals surface area contributed by atoms with Crippen molar-refractivity contribution in [2.75, 3.05) is 0 Å². The van der Waals surface area contributed by atoms with Gasteiger partial charge in [-0.15, -0.1) is 0 Å². The minimum Gasteiger partial charge on any atom is -0.259 e. The summed E-state index contributed by atoms with van der Waals surface area (Å²) in [6, 6.07) is 0. The number of hydrogen-bond donors (Lipinski definition) is 0. The van der Waals surface area contributed by atoms with Crippen LogP contribution in [0.15, 0.2) is 0 Å². The SMILES string of the molecule is [O]OC(=O)C(F)(F)C(F)(F)C(F)(F)F. The minimum atomic E-state index is -6.66. The Morgan fingerprint density at radius 1 is 0.929 bits per heavy atom. The van der Waals surface area contributed by atoms with Crippen molar-refractivity contribution >= 4 is 5.97 Å². The molecule has 0 saturated heterocycles. The van der Waals surface area contributed by atoms with Crippen LogP contribution in [0.2, 0.25) is 0 Å². The van der Waals surface area contributed by atoms with Crippen molar-refractivity contribution in [3.8, 4) is 0 Å². The molecule has 0 atom stereocenters. The van der Waals surface area contributed by atoms with E-state index in [4.69, 9.17) is 5.26 Å². The minimum absolute atomic E-state index is 1.88. The first kappa shape index (κ1) is 12.9. The Hall–Kier alpha value is -1.06. The van der Waals surface area contributed by atoms with Crippen molar-refractivity contribution < 1.29 is 45.7 Å². The molecule has 0 unspecified atom stereocenters. The first-order valence-electron chi connectivity index (χ1n) is 2.65. The van der Waals surface area contributed by atoms with E-state index in [9.17, 15) is 35.5 Å². The summed E-state index contributed by atoms with van der Waals surface area (Å²) in [6.07, 6.45) is -6.66. The normalized spacial score (nSPS) is 14.0. The highest BCUT2D eigenvalue weighted by Crippen LogP contribution is 2.46. The van der Waals surface area contributed by atoms with Crippen molar-refractivity contribution in [2.24, 2.45) is 0 Å². The van der Waals surface area contributed by atoms with Crippen LogP contribution in [0, 0.1) is 0 Å². The zero-order valence-corrected chi connectivity index (χ0v) is 5.87. The van der Waals surface area contributed by atoms with Gasteiger partial charge in [0.1, 0.15) is 0 Å². The molecule has 0 aromatic carbocycles. The maximum atomic E-state index is 11.9. The van der Waals surface area contributed by atoms with Crippen molar-refractivity contribution in [3.05, 3.63) is 0 Å². The number of carbonyl (C=O) groups excluding carboxylic acids is 1. The quantitative estimate of drug-likeness (QED) is 0.411. The summed E-state index contributed by atoms with van der Waals surface area (Å²) in [4.78, 5) is 11.5. The Labute approximate surface area is 71.0 Å². The standard InChI is InChI=1S/C4F7O3/c5-2(6,1(12)14-13)3(7,8)4(9,10)11. The lowest BCUT2D eigenvalue weighted by Gasteiger charge is -2.24. The molecule has 0 aromatic rings. The third kappa shape index (κ3) is 1.74. The molecular weight excluding hydrogens is 229 g/mol. The topological polar surface area (TPSA) is 46.2 Å². The van der Waals surface area contributed by atoms with Gasteiger partial charge in [-0.3, -0.25) is 4.89 Å². The van der Waals surface area contributed by atoms with E-state index in [1.54, 1.807) is 0 Å². The molecule has 0 bridgehead atoms. The molecule has 0 amide bonds. The maximum Gasteiger partial charge on any atom is 0.460 e. The van der Waals surface area contributed by atoms with Crippen molar-refractivity contribution in [1.82, 2.24) is 0 Å². The number of hydrogen-bond acceptors (Lipinski definition) is 2. The van der Waals surface area contributed by atoms with Gasteiger partial charge in [0.15, 0.2) is 0 Å². The van der Waals surface area contributed by atoms with Gasteiger partial charge in [-0.25, -0.2) is 4.79 Å². The van der Waals surface area contributed by atoms with Crippen molar-refractivity contribution in [1.29, 1.82) is 0 Å². The van der Waals surface area contributed by atoms with Crippen LogP contribution >= 0.6 is 0 Å². The van der Waals surface area contributed by atoms with E-state index in [-0.39, 0.29) is 0 Å². The molecule has 0 aliphatic heterocycles. The fourth-order valence-corrected chi connectivity index (χ4v) is 0.359. The lowest BCUT2D eigenvalue weighted by molar-refractivity contribution is -0.366. The van der Waals surface area contributed by atoms with Crippen molar-refractivity contribution in [3.63, 3.8) is 0 Å². The average Bonchev–Trinajstić information content (AvgIpc) is 2.00. The highest BCUT2D eigenvalue weighted by Gasteiger charge is 2.77. The zero-order valence-electron chi connectivity index (χ0n) is 5.87. The maximum absolute atomic E-state index is 11.9. The average molecular weight is 229 g/mol. The van der Waals surface area contributed by atoms with E-state index in [0.717, 1.165) is 0 Å². The fraction of sp³-hybridized carbons (Fsp3) is 0.750. The predicted molar refractivity (Wildman–Crippen MR) is 22.7 cm³/mol. The Kier molecular flexibility index (Phi) is 3.01. The second-order valence-electron chi connectivity index (χ2n) is 2.02. The van der Waals surface area contributed by atoms with Gasteiger partial charge in [-0.2, -0.15) is 30.7 Å². The number of rotatable bonds is 2. The molecule has 10 heteroatoms. The lowest BCUT2D eigenvalue weighted by Crippen LogP contribution is -2.56. The predicted octanol–water partition coefficient (Wildman–Crippen LogP) is 1.71. The molecule has 83 valence electrons. The van der Waals surface area contributed by atoms with E-state index in [2.05, 4.69) is 0 Å². The van der Waals surface area contributed by atoms with Crippen LogP contribution in [0.5, 0.6) is 0 Å². The molecule has 3 nitrogen and oxygen atoms in total. The van der Waals surface area contributed by atoms with Gasteiger partial charge in [-0.05, 0) is 0 Å². The van der Waals surface area contributed by atoms with Crippen LogP contribution in [0.3, 0.4) is 0 Å². The van der Waals surface area contributed by atoms with Crippen LogP contribution in [-0.4, -0.2) is 24.0 Å². The van der Waals surface area contributed by atoms with E-state index < -0.39 is 24.0 Å². The first-order valence-corrected chi connectivity index (χ1v) is 2.65. The van der Waals surface area contributed by atoms with Gasteiger partial charge < -0.3 is 0 Å². The molecule has 0 heterocycles. The van der Waals surface area contributed by atoms with Crippen LogP contribution in [0.1, 0.15) is 0 Å². The van der Waals surface area contributed by atoms with E-state index in [0.29, 0.717) is 0 Å². The fourth-order valence-electron chi connectivity index (χ4n) is 0.359. The summed E-state index contributed by atoms with van der Waals surface area (Å²) in [7, 11) is 0. The third-order valence-corrected chi connectivity index (χ3v) is 1.08. The summed E-state index contributed by atoms with van der Waals surface area (Å²) >= 11 is 0.